The maximum Gasteiger partial charge on any atom is 0.0662 e. The van der Waals surface area contributed by atoms with Gasteiger partial charge in [-0.15, -0.1) is 0 Å². The largest absolute Gasteiger partial charge is 0.326 e. The van der Waals surface area contributed by atoms with Gasteiger partial charge in [0, 0.05) is 17.8 Å². The van der Waals surface area contributed by atoms with Crippen molar-refractivity contribution in [1.82, 2.24) is 9.78 Å². The minimum Gasteiger partial charge on any atom is -0.326 e. The Balaban J connectivity index is 2.32. The summed E-state index contributed by atoms with van der Waals surface area (Å²) in [5, 5.41) is 4.47. The number of aromatic nitrogens is 2. The second kappa shape index (κ2) is 5.36. The minimum atomic E-state index is 0.441. The van der Waals surface area contributed by atoms with Crippen molar-refractivity contribution in [3.63, 3.8) is 0 Å². The molecule has 96 valence electrons. The number of hydrogen-bond acceptors (Lipinski definition) is 2. The van der Waals surface area contributed by atoms with Crippen molar-refractivity contribution in [2.45, 2.75) is 39.8 Å². The number of nitrogens with zero attached hydrogens (tertiary/aromatic N) is 2. The molecular weight excluding hydrogens is 222 g/mol. The van der Waals surface area contributed by atoms with E-state index in [1.54, 1.807) is 0 Å². The summed E-state index contributed by atoms with van der Waals surface area (Å²) >= 11 is 0. The van der Waals surface area contributed by atoms with Crippen molar-refractivity contribution in [2.75, 3.05) is 0 Å². The van der Waals surface area contributed by atoms with Gasteiger partial charge in [0.2, 0.25) is 0 Å². The van der Waals surface area contributed by atoms with Crippen molar-refractivity contribution < 1.29 is 0 Å². The molecule has 0 spiro atoms. The van der Waals surface area contributed by atoms with Crippen LogP contribution in [0.5, 0.6) is 0 Å². The van der Waals surface area contributed by atoms with Crippen molar-refractivity contribution in [3.8, 4) is 0 Å². The quantitative estimate of drug-likeness (QED) is 0.897. The minimum absolute atomic E-state index is 0.441. The van der Waals surface area contributed by atoms with Crippen LogP contribution in [0.4, 0.5) is 0 Å². The molecule has 0 unspecified atom stereocenters. The molecule has 0 fully saturated rings. The normalized spacial score (nSPS) is 11.2. The molecule has 3 heteroatoms. The zero-order chi connectivity index (χ0) is 13.1. The third-order valence-corrected chi connectivity index (χ3v) is 3.14. The fraction of sp³-hybridized carbons (Fsp3) is 0.400. The first kappa shape index (κ1) is 12.8. The van der Waals surface area contributed by atoms with E-state index in [1.807, 2.05) is 6.20 Å². The SMILES string of the molecule is Cc1cccc(Cn2ncc(CN)c2C(C)C)c1. The van der Waals surface area contributed by atoms with E-state index < -0.39 is 0 Å². The van der Waals surface area contributed by atoms with Gasteiger partial charge in [0.15, 0.2) is 0 Å². The fourth-order valence-electron chi connectivity index (χ4n) is 2.37. The third kappa shape index (κ3) is 2.62. The fourth-order valence-corrected chi connectivity index (χ4v) is 2.37. The predicted octanol–water partition coefficient (Wildman–Crippen LogP) is 2.82. The Morgan fingerprint density at radius 2 is 2.11 bits per heavy atom. The first-order valence-corrected chi connectivity index (χ1v) is 6.42. The number of hydrogen-bond donors (Lipinski definition) is 1. The zero-order valence-electron chi connectivity index (χ0n) is 11.4. The first-order chi connectivity index (χ1) is 8.61. The topological polar surface area (TPSA) is 43.8 Å². The van der Waals surface area contributed by atoms with Gasteiger partial charge in [0.05, 0.1) is 12.7 Å². The van der Waals surface area contributed by atoms with Crippen LogP contribution in [0.25, 0.3) is 0 Å². The molecule has 3 nitrogen and oxygen atoms in total. The van der Waals surface area contributed by atoms with Crippen LogP contribution in [0.1, 0.15) is 42.1 Å². The smallest absolute Gasteiger partial charge is 0.0662 e. The summed E-state index contributed by atoms with van der Waals surface area (Å²) in [5.41, 5.74) is 10.7. The number of rotatable bonds is 4. The number of benzene rings is 1. The molecule has 2 rings (SSSR count). The maximum absolute atomic E-state index is 5.77. The van der Waals surface area contributed by atoms with E-state index in [1.165, 1.54) is 16.8 Å². The molecule has 0 aliphatic rings. The summed E-state index contributed by atoms with van der Waals surface area (Å²) in [4.78, 5) is 0. The van der Waals surface area contributed by atoms with Crippen molar-refractivity contribution in [3.05, 3.63) is 52.8 Å². The van der Waals surface area contributed by atoms with Gasteiger partial charge in [-0.25, -0.2) is 0 Å². The average Bonchev–Trinajstić information content (AvgIpc) is 2.72. The molecule has 0 saturated carbocycles. The maximum atomic E-state index is 5.77. The van der Waals surface area contributed by atoms with Gasteiger partial charge in [-0.1, -0.05) is 43.7 Å². The molecule has 1 aromatic carbocycles. The first-order valence-electron chi connectivity index (χ1n) is 6.42. The molecule has 0 bridgehead atoms. The Bertz CT molecular complexity index is 526. The second-order valence-corrected chi connectivity index (χ2v) is 5.06. The van der Waals surface area contributed by atoms with Gasteiger partial charge < -0.3 is 5.73 Å². The molecule has 0 atom stereocenters. The van der Waals surface area contributed by atoms with E-state index >= 15 is 0 Å². The highest BCUT2D eigenvalue weighted by atomic mass is 15.3. The molecular formula is C15H21N3. The summed E-state index contributed by atoms with van der Waals surface area (Å²) < 4.78 is 2.07. The van der Waals surface area contributed by atoms with E-state index in [0.717, 1.165) is 12.1 Å². The van der Waals surface area contributed by atoms with E-state index in [2.05, 4.69) is 54.8 Å². The van der Waals surface area contributed by atoms with Gasteiger partial charge in [0.25, 0.3) is 0 Å². The van der Waals surface area contributed by atoms with Gasteiger partial charge in [-0.05, 0) is 18.4 Å². The third-order valence-electron chi connectivity index (χ3n) is 3.14. The molecule has 1 aromatic heterocycles. The molecule has 0 saturated heterocycles. The summed E-state index contributed by atoms with van der Waals surface area (Å²) in [5.74, 6) is 0.441. The molecule has 0 aliphatic heterocycles. The predicted molar refractivity (Wildman–Crippen MR) is 74.5 cm³/mol. The number of aryl methyl sites for hydroxylation is 1. The lowest BCUT2D eigenvalue weighted by atomic mass is 10.1. The van der Waals surface area contributed by atoms with Crippen molar-refractivity contribution in [1.29, 1.82) is 0 Å². The molecule has 0 aliphatic carbocycles. The lowest BCUT2D eigenvalue weighted by Gasteiger charge is -2.12. The Morgan fingerprint density at radius 1 is 1.33 bits per heavy atom. The standard InChI is InChI=1S/C15H21N3/c1-11(2)15-14(8-16)9-17-18(15)10-13-6-4-5-12(3)7-13/h4-7,9,11H,8,10,16H2,1-3H3. The second-order valence-electron chi connectivity index (χ2n) is 5.06. The van der Waals surface area contributed by atoms with Gasteiger partial charge >= 0.3 is 0 Å². The van der Waals surface area contributed by atoms with Crippen molar-refractivity contribution in [2.24, 2.45) is 5.73 Å². The van der Waals surface area contributed by atoms with E-state index in [0.29, 0.717) is 12.5 Å². The summed E-state index contributed by atoms with van der Waals surface area (Å²) in [7, 11) is 0. The number of nitrogens with two attached hydrogens (primary N) is 1. The molecule has 0 amide bonds. The van der Waals surface area contributed by atoms with Crippen LogP contribution in [0.3, 0.4) is 0 Å². The summed E-state index contributed by atoms with van der Waals surface area (Å²) in [6.45, 7) is 7.85. The zero-order valence-corrected chi connectivity index (χ0v) is 11.4. The van der Waals surface area contributed by atoms with Crippen LogP contribution in [0, 0.1) is 6.92 Å². The summed E-state index contributed by atoms with van der Waals surface area (Å²) in [6, 6.07) is 8.54. The Morgan fingerprint density at radius 3 is 2.72 bits per heavy atom. The van der Waals surface area contributed by atoms with Crippen LogP contribution in [0.15, 0.2) is 30.5 Å². The molecule has 0 radical (unpaired) electrons. The Kier molecular flexibility index (Phi) is 3.82. The van der Waals surface area contributed by atoms with E-state index in [9.17, 15) is 0 Å². The molecule has 1 heterocycles. The van der Waals surface area contributed by atoms with Gasteiger partial charge in [-0.3, -0.25) is 4.68 Å². The van der Waals surface area contributed by atoms with Gasteiger partial charge in [-0.2, -0.15) is 5.10 Å². The highest BCUT2D eigenvalue weighted by Crippen LogP contribution is 2.20. The molecule has 2 aromatic rings. The van der Waals surface area contributed by atoms with Crippen LogP contribution < -0.4 is 5.73 Å². The van der Waals surface area contributed by atoms with Crippen LogP contribution in [-0.2, 0) is 13.1 Å². The lowest BCUT2D eigenvalue weighted by molar-refractivity contribution is 0.613. The highest BCUT2D eigenvalue weighted by molar-refractivity contribution is 5.25. The van der Waals surface area contributed by atoms with Crippen LogP contribution in [0.2, 0.25) is 0 Å². The van der Waals surface area contributed by atoms with Gasteiger partial charge in [0.1, 0.15) is 0 Å². The monoisotopic (exact) mass is 243 g/mol. The lowest BCUT2D eigenvalue weighted by Crippen LogP contribution is -2.10. The van der Waals surface area contributed by atoms with E-state index in [-0.39, 0.29) is 0 Å². The van der Waals surface area contributed by atoms with Crippen molar-refractivity contribution >= 4 is 0 Å². The molecule has 18 heavy (non-hydrogen) atoms. The van der Waals surface area contributed by atoms with E-state index in [4.69, 9.17) is 5.73 Å². The Hall–Kier alpha value is -1.61. The molecule has 2 N–H and O–H groups in total. The highest BCUT2D eigenvalue weighted by Gasteiger charge is 2.13. The Labute approximate surface area is 109 Å². The van der Waals surface area contributed by atoms with Crippen LogP contribution in [-0.4, -0.2) is 9.78 Å². The van der Waals surface area contributed by atoms with Crippen LogP contribution >= 0.6 is 0 Å². The summed E-state index contributed by atoms with van der Waals surface area (Å²) in [6.07, 6.45) is 1.89. The average molecular weight is 243 g/mol.